The van der Waals surface area contributed by atoms with Gasteiger partial charge in [0.25, 0.3) is 0 Å². The first-order valence-electron chi connectivity index (χ1n) is 7.10. The Morgan fingerprint density at radius 3 is 2.26 bits per heavy atom. The van der Waals surface area contributed by atoms with Crippen LogP contribution in [0.5, 0.6) is 0 Å². The van der Waals surface area contributed by atoms with Crippen LogP contribution in [0, 0.1) is 5.82 Å². The quantitative estimate of drug-likeness (QED) is 0.844. The van der Waals surface area contributed by atoms with E-state index in [-0.39, 0.29) is 5.56 Å². The van der Waals surface area contributed by atoms with E-state index in [0.29, 0.717) is 5.69 Å². The number of nitrogens with zero attached hydrogens (tertiary/aromatic N) is 1. The van der Waals surface area contributed by atoms with Crippen molar-refractivity contribution in [2.45, 2.75) is 17.9 Å². The van der Waals surface area contributed by atoms with E-state index in [4.69, 9.17) is 0 Å². The van der Waals surface area contributed by atoms with Gasteiger partial charge in [-0.3, -0.25) is 4.79 Å². The van der Waals surface area contributed by atoms with Crippen molar-refractivity contribution in [2.24, 2.45) is 0 Å². The van der Waals surface area contributed by atoms with Gasteiger partial charge in [-0.1, -0.05) is 36.4 Å². The Balaban J connectivity index is 2.19. The molecule has 6 heteroatoms. The molecule has 0 bridgehead atoms. The average molecular weight is 335 g/mol. The Hall–Kier alpha value is -2.21. The zero-order valence-electron chi connectivity index (χ0n) is 12.9. The predicted molar refractivity (Wildman–Crippen MR) is 88.3 cm³/mol. The molecule has 0 spiro atoms. The molecule has 0 aliphatic heterocycles. The summed E-state index contributed by atoms with van der Waals surface area (Å²) in [5.74, 6) is -1.64. The van der Waals surface area contributed by atoms with Gasteiger partial charge in [-0.2, -0.15) is 0 Å². The highest BCUT2D eigenvalue weighted by molar-refractivity contribution is 7.92. The lowest BCUT2D eigenvalue weighted by Crippen LogP contribution is -2.39. The van der Waals surface area contributed by atoms with Crippen molar-refractivity contribution in [1.82, 2.24) is 0 Å². The zero-order chi connectivity index (χ0) is 17.0. The third kappa shape index (κ3) is 3.96. The van der Waals surface area contributed by atoms with Crippen molar-refractivity contribution in [1.29, 1.82) is 0 Å². The maximum absolute atomic E-state index is 13.6. The third-order valence-corrected chi connectivity index (χ3v) is 5.67. The number of para-hydroxylation sites is 1. The number of carbonyl (C=O) groups excluding carboxylic acids is 1. The number of anilines is 1. The number of carbonyl (C=O) groups is 1. The normalized spacial score (nSPS) is 12.7. The Morgan fingerprint density at radius 1 is 1.09 bits per heavy atom. The Labute approximate surface area is 135 Å². The van der Waals surface area contributed by atoms with Crippen LogP contribution in [0.4, 0.5) is 10.1 Å². The molecule has 4 nitrogen and oxygen atoms in total. The minimum Gasteiger partial charge on any atom is -0.314 e. The molecule has 0 saturated carbocycles. The van der Waals surface area contributed by atoms with Crippen LogP contribution in [0.1, 0.15) is 12.5 Å². The van der Waals surface area contributed by atoms with Crippen LogP contribution in [0.15, 0.2) is 54.6 Å². The Bertz CT molecular complexity index is 790. The number of hydrogen-bond donors (Lipinski definition) is 0. The molecule has 0 aliphatic carbocycles. The minimum atomic E-state index is -3.82. The molecule has 0 saturated heterocycles. The number of rotatable bonds is 5. The van der Waals surface area contributed by atoms with E-state index in [1.807, 2.05) is 0 Å². The van der Waals surface area contributed by atoms with E-state index in [0.717, 1.165) is 0 Å². The van der Waals surface area contributed by atoms with Crippen LogP contribution in [-0.4, -0.2) is 26.6 Å². The van der Waals surface area contributed by atoms with Crippen LogP contribution < -0.4 is 4.90 Å². The fraction of sp³-hybridized carbons (Fsp3) is 0.235. The monoisotopic (exact) mass is 335 g/mol. The van der Waals surface area contributed by atoms with Gasteiger partial charge in [0.1, 0.15) is 11.1 Å². The maximum atomic E-state index is 13.6. The predicted octanol–water partition coefficient (Wildman–Crippen LogP) is 2.79. The van der Waals surface area contributed by atoms with Gasteiger partial charge < -0.3 is 4.90 Å². The van der Waals surface area contributed by atoms with E-state index < -0.39 is 32.6 Å². The van der Waals surface area contributed by atoms with Gasteiger partial charge in [0.2, 0.25) is 5.91 Å². The van der Waals surface area contributed by atoms with Gasteiger partial charge in [-0.05, 0) is 25.1 Å². The molecule has 0 radical (unpaired) electrons. The van der Waals surface area contributed by atoms with Crippen molar-refractivity contribution < 1.29 is 17.6 Å². The summed E-state index contributed by atoms with van der Waals surface area (Å²) in [6.45, 7) is 1.33. The van der Waals surface area contributed by atoms with Gasteiger partial charge in [0.15, 0.2) is 9.84 Å². The lowest BCUT2D eigenvalue weighted by molar-refractivity contribution is -0.117. The van der Waals surface area contributed by atoms with Crippen molar-refractivity contribution in [2.75, 3.05) is 11.9 Å². The second-order valence-corrected chi connectivity index (χ2v) is 7.60. The molecule has 2 aromatic carbocycles. The lowest BCUT2D eigenvalue weighted by Gasteiger charge is -2.21. The van der Waals surface area contributed by atoms with Crippen LogP contribution in [0.25, 0.3) is 0 Å². The standard InChI is InChI=1S/C17H18FNO3S/c1-13(17(20)19(2)15-9-4-3-5-10-15)23(21,22)12-14-8-6-7-11-16(14)18/h3-11,13H,12H2,1-2H3/t13-/m0/s1. The molecule has 0 aliphatic rings. The molecule has 2 aromatic rings. The first-order valence-corrected chi connectivity index (χ1v) is 8.82. The number of benzene rings is 2. The fourth-order valence-corrected chi connectivity index (χ4v) is 3.55. The Kier molecular flexibility index (Phi) is 5.15. The molecule has 2 rings (SSSR count). The summed E-state index contributed by atoms with van der Waals surface area (Å²) in [5.41, 5.74) is 0.667. The number of hydrogen-bond acceptors (Lipinski definition) is 3. The topological polar surface area (TPSA) is 54.5 Å². The van der Waals surface area contributed by atoms with E-state index in [9.17, 15) is 17.6 Å². The summed E-state index contributed by atoms with van der Waals surface area (Å²) in [6, 6.07) is 14.4. The van der Waals surface area contributed by atoms with Gasteiger partial charge in [0, 0.05) is 18.3 Å². The van der Waals surface area contributed by atoms with E-state index >= 15 is 0 Å². The molecule has 1 amide bonds. The molecule has 0 N–H and O–H groups in total. The molecular formula is C17H18FNO3S. The summed E-state index contributed by atoms with van der Waals surface area (Å²) in [4.78, 5) is 13.7. The van der Waals surface area contributed by atoms with Crippen LogP contribution in [0.2, 0.25) is 0 Å². The number of amides is 1. The molecule has 0 unspecified atom stereocenters. The van der Waals surface area contributed by atoms with Gasteiger partial charge in [-0.15, -0.1) is 0 Å². The maximum Gasteiger partial charge on any atom is 0.244 e. The smallest absolute Gasteiger partial charge is 0.244 e. The van der Waals surface area contributed by atoms with Crippen LogP contribution in [0.3, 0.4) is 0 Å². The Morgan fingerprint density at radius 2 is 1.65 bits per heavy atom. The van der Waals surface area contributed by atoms with Crippen molar-refractivity contribution in [3.8, 4) is 0 Å². The van der Waals surface area contributed by atoms with E-state index in [2.05, 4.69) is 0 Å². The lowest BCUT2D eigenvalue weighted by atomic mass is 10.2. The molecule has 0 aromatic heterocycles. The highest BCUT2D eigenvalue weighted by Gasteiger charge is 2.31. The molecular weight excluding hydrogens is 317 g/mol. The van der Waals surface area contributed by atoms with Crippen molar-refractivity contribution in [3.05, 3.63) is 66.0 Å². The molecule has 23 heavy (non-hydrogen) atoms. The van der Waals surface area contributed by atoms with E-state index in [1.54, 1.807) is 36.4 Å². The van der Waals surface area contributed by atoms with E-state index in [1.165, 1.54) is 37.1 Å². The largest absolute Gasteiger partial charge is 0.314 e. The summed E-state index contributed by atoms with van der Waals surface area (Å²) in [6.07, 6.45) is 0. The highest BCUT2D eigenvalue weighted by atomic mass is 32.2. The summed E-state index contributed by atoms with van der Waals surface area (Å²) in [7, 11) is -2.30. The summed E-state index contributed by atoms with van der Waals surface area (Å²) < 4.78 is 38.5. The number of sulfone groups is 1. The van der Waals surface area contributed by atoms with Gasteiger partial charge in [0.05, 0.1) is 5.75 Å². The van der Waals surface area contributed by atoms with Crippen molar-refractivity contribution in [3.63, 3.8) is 0 Å². The van der Waals surface area contributed by atoms with Crippen LogP contribution >= 0.6 is 0 Å². The number of halogens is 1. The first kappa shape index (κ1) is 17.1. The average Bonchev–Trinajstić information content (AvgIpc) is 2.55. The van der Waals surface area contributed by atoms with Crippen LogP contribution in [-0.2, 0) is 20.4 Å². The molecule has 0 heterocycles. The molecule has 122 valence electrons. The molecule has 0 fully saturated rings. The van der Waals surface area contributed by atoms with Gasteiger partial charge >= 0.3 is 0 Å². The van der Waals surface area contributed by atoms with Gasteiger partial charge in [-0.25, -0.2) is 12.8 Å². The minimum absolute atomic E-state index is 0.0644. The second-order valence-electron chi connectivity index (χ2n) is 5.27. The first-order chi connectivity index (χ1) is 10.8. The fourth-order valence-electron chi connectivity index (χ4n) is 2.16. The molecule has 1 atom stereocenters. The SMILES string of the molecule is C[C@@H](C(=O)N(C)c1ccccc1)S(=O)(=O)Cc1ccccc1F. The zero-order valence-corrected chi connectivity index (χ0v) is 13.8. The van der Waals surface area contributed by atoms with Crippen molar-refractivity contribution >= 4 is 21.4 Å². The second kappa shape index (κ2) is 6.91. The highest BCUT2D eigenvalue weighted by Crippen LogP contribution is 2.18. The third-order valence-electron chi connectivity index (χ3n) is 3.68. The summed E-state index contributed by atoms with van der Waals surface area (Å²) in [5, 5.41) is -1.26. The summed E-state index contributed by atoms with van der Waals surface area (Å²) >= 11 is 0.